The lowest BCUT2D eigenvalue weighted by Gasteiger charge is -2.11. The van der Waals surface area contributed by atoms with Crippen LogP contribution in [0.5, 0.6) is 0 Å². The Morgan fingerprint density at radius 1 is 0.889 bits per heavy atom. The monoisotopic (exact) mass is 247 g/mol. The maximum absolute atomic E-state index is 13.2. The zero-order valence-corrected chi connectivity index (χ0v) is 10.4. The molecule has 94 valence electrons. The first-order valence-electron chi connectivity index (χ1n) is 5.78. The van der Waals surface area contributed by atoms with E-state index in [4.69, 9.17) is 5.73 Å². The molecule has 0 spiro atoms. The Morgan fingerprint density at radius 2 is 1.50 bits per heavy atom. The van der Waals surface area contributed by atoms with Gasteiger partial charge >= 0.3 is 0 Å². The van der Waals surface area contributed by atoms with Gasteiger partial charge in [0.1, 0.15) is 0 Å². The van der Waals surface area contributed by atoms with Crippen LogP contribution in [0.2, 0.25) is 0 Å². The SMILES string of the molecule is Cc1cc(-c2ccc(F)c(F)c2)cc(C)c1CN. The van der Waals surface area contributed by atoms with Crippen LogP contribution >= 0.6 is 0 Å². The highest BCUT2D eigenvalue weighted by atomic mass is 19.2. The summed E-state index contributed by atoms with van der Waals surface area (Å²) in [5.41, 5.74) is 10.5. The molecule has 0 saturated carbocycles. The summed E-state index contributed by atoms with van der Waals surface area (Å²) in [6.45, 7) is 4.42. The number of aryl methyl sites for hydroxylation is 2. The summed E-state index contributed by atoms with van der Waals surface area (Å²) in [5.74, 6) is -1.66. The minimum Gasteiger partial charge on any atom is -0.326 e. The number of hydrogen-bond donors (Lipinski definition) is 1. The van der Waals surface area contributed by atoms with Crippen LogP contribution in [0, 0.1) is 25.5 Å². The van der Waals surface area contributed by atoms with E-state index in [9.17, 15) is 8.78 Å². The second kappa shape index (κ2) is 4.86. The first-order valence-corrected chi connectivity index (χ1v) is 5.78. The Morgan fingerprint density at radius 3 is 2.00 bits per heavy atom. The van der Waals surface area contributed by atoms with E-state index in [0.717, 1.165) is 28.3 Å². The van der Waals surface area contributed by atoms with Gasteiger partial charge in [0.25, 0.3) is 0 Å². The normalized spacial score (nSPS) is 10.7. The Bertz CT molecular complexity index is 568. The van der Waals surface area contributed by atoms with E-state index < -0.39 is 11.6 Å². The van der Waals surface area contributed by atoms with Gasteiger partial charge in [-0.15, -0.1) is 0 Å². The lowest BCUT2D eigenvalue weighted by molar-refractivity contribution is 0.509. The number of rotatable bonds is 2. The van der Waals surface area contributed by atoms with Crippen molar-refractivity contribution < 1.29 is 8.78 Å². The maximum Gasteiger partial charge on any atom is 0.159 e. The van der Waals surface area contributed by atoms with Gasteiger partial charge < -0.3 is 5.73 Å². The molecule has 2 aromatic rings. The summed E-state index contributed by atoms with van der Waals surface area (Å²) in [6.07, 6.45) is 0. The Kier molecular flexibility index (Phi) is 3.43. The van der Waals surface area contributed by atoms with Crippen molar-refractivity contribution in [2.75, 3.05) is 0 Å². The standard InChI is InChI=1S/C15H15F2N/c1-9-5-12(6-10(2)13(9)8-18)11-3-4-14(16)15(17)7-11/h3-7H,8,18H2,1-2H3. The lowest BCUT2D eigenvalue weighted by atomic mass is 9.95. The van der Waals surface area contributed by atoms with Gasteiger partial charge in [-0.2, -0.15) is 0 Å². The van der Waals surface area contributed by atoms with Crippen molar-refractivity contribution in [1.82, 2.24) is 0 Å². The second-order valence-corrected chi connectivity index (χ2v) is 4.42. The molecule has 3 heteroatoms. The van der Waals surface area contributed by atoms with Crippen LogP contribution in [0.3, 0.4) is 0 Å². The van der Waals surface area contributed by atoms with Crippen molar-refractivity contribution in [3.8, 4) is 11.1 Å². The minimum atomic E-state index is -0.828. The topological polar surface area (TPSA) is 26.0 Å². The summed E-state index contributed by atoms with van der Waals surface area (Å²) in [5, 5.41) is 0. The van der Waals surface area contributed by atoms with Crippen molar-refractivity contribution in [3.05, 3.63) is 58.7 Å². The predicted octanol–water partition coefficient (Wildman–Crippen LogP) is 3.71. The molecule has 0 atom stereocenters. The number of benzene rings is 2. The maximum atomic E-state index is 13.2. The molecule has 0 aliphatic rings. The third-order valence-corrected chi connectivity index (χ3v) is 3.15. The van der Waals surface area contributed by atoms with E-state index in [2.05, 4.69) is 0 Å². The van der Waals surface area contributed by atoms with E-state index in [0.29, 0.717) is 12.1 Å². The molecule has 2 N–H and O–H groups in total. The molecule has 0 aliphatic carbocycles. The summed E-state index contributed by atoms with van der Waals surface area (Å²) < 4.78 is 26.1. The van der Waals surface area contributed by atoms with Gasteiger partial charge in [-0.25, -0.2) is 8.78 Å². The molecule has 0 aromatic heterocycles. The Labute approximate surface area is 105 Å². The molecule has 0 bridgehead atoms. The molecule has 0 heterocycles. The zero-order valence-electron chi connectivity index (χ0n) is 10.4. The molecule has 2 rings (SSSR count). The third-order valence-electron chi connectivity index (χ3n) is 3.15. The molecule has 0 radical (unpaired) electrons. The van der Waals surface area contributed by atoms with Crippen molar-refractivity contribution in [2.24, 2.45) is 5.73 Å². The molecular weight excluding hydrogens is 232 g/mol. The van der Waals surface area contributed by atoms with Gasteiger partial charge in [-0.3, -0.25) is 0 Å². The predicted molar refractivity (Wildman–Crippen MR) is 69.2 cm³/mol. The fourth-order valence-electron chi connectivity index (χ4n) is 2.16. The summed E-state index contributed by atoms with van der Waals surface area (Å²) in [4.78, 5) is 0. The highest BCUT2D eigenvalue weighted by Gasteiger charge is 2.08. The van der Waals surface area contributed by atoms with Crippen LogP contribution in [-0.2, 0) is 6.54 Å². The first-order chi connectivity index (χ1) is 8.52. The fourth-order valence-corrected chi connectivity index (χ4v) is 2.16. The molecule has 0 amide bonds. The number of nitrogens with two attached hydrogens (primary N) is 1. The number of hydrogen-bond acceptors (Lipinski definition) is 1. The van der Waals surface area contributed by atoms with E-state index in [1.807, 2.05) is 26.0 Å². The summed E-state index contributed by atoms with van der Waals surface area (Å²) in [6, 6.07) is 7.83. The van der Waals surface area contributed by atoms with Crippen molar-refractivity contribution >= 4 is 0 Å². The van der Waals surface area contributed by atoms with E-state index in [-0.39, 0.29) is 0 Å². The molecule has 18 heavy (non-hydrogen) atoms. The Balaban J connectivity index is 2.54. The van der Waals surface area contributed by atoms with E-state index >= 15 is 0 Å². The van der Waals surface area contributed by atoms with Gasteiger partial charge in [-0.05, 0) is 53.8 Å². The van der Waals surface area contributed by atoms with Crippen LogP contribution < -0.4 is 5.73 Å². The van der Waals surface area contributed by atoms with E-state index in [1.165, 1.54) is 6.07 Å². The van der Waals surface area contributed by atoms with Crippen molar-refractivity contribution in [1.29, 1.82) is 0 Å². The molecule has 0 fully saturated rings. The van der Waals surface area contributed by atoms with Gasteiger partial charge in [0.2, 0.25) is 0 Å². The van der Waals surface area contributed by atoms with Crippen LogP contribution in [0.25, 0.3) is 11.1 Å². The largest absolute Gasteiger partial charge is 0.326 e. The molecule has 0 unspecified atom stereocenters. The minimum absolute atomic E-state index is 0.482. The molecular formula is C15H15F2N. The third kappa shape index (κ3) is 2.27. The van der Waals surface area contributed by atoms with Gasteiger partial charge in [0.05, 0.1) is 0 Å². The van der Waals surface area contributed by atoms with E-state index in [1.54, 1.807) is 6.07 Å². The highest BCUT2D eigenvalue weighted by molar-refractivity contribution is 5.66. The van der Waals surface area contributed by atoms with Crippen LogP contribution in [0.4, 0.5) is 8.78 Å². The van der Waals surface area contributed by atoms with Crippen molar-refractivity contribution in [3.63, 3.8) is 0 Å². The van der Waals surface area contributed by atoms with Crippen LogP contribution in [-0.4, -0.2) is 0 Å². The molecule has 0 saturated heterocycles. The van der Waals surface area contributed by atoms with Crippen LogP contribution in [0.15, 0.2) is 30.3 Å². The van der Waals surface area contributed by atoms with Crippen molar-refractivity contribution in [2.45, 2.75) is 20.4 Å². The number of halogens is 2. The summed E-state index contributed by atoms with van der Waals surface area (Å²) in [7, 11) is 0. The first kappa shape index (κ1) is 12.7. The smallest absolute Gasteiger partial charge is 0.159 e. The average molecular weight is 247 g/mol. The van der Waals surface area contributed by atoms with Gasteiger partial charge in [0.15, 0.2) is 11.6 Å². The van der Waals surface area contributed by atoms with Gasteiger partial charge in [-0.1, -0.05) is 18.2 Å². The molecule has 0 aliphatic heterocycles. The fraction of sp³-hybridized carbons (Fsp3) is 0.200. The second-order valence-electron chi connectivity index (χ2n) is 4.42. The highest BCUT2D eigenvalue weighted by Crippen LogP contribution is 2.26. The lowest BCUT2D eigenvalue weighted by Crippen LogP contribution is -2.02. The zero-order chi connectivity index (χ0) is 13.3. The van der Waals surface area contributed by atoms with Gasteiger partial charge in [0, 0.05) is 6.54 Å². The Hall–Kier alpha value is -1.74. The average Bonchev–Trinajstić information content (AvgIpc) is 2.32. The quantitative estimate of drug-likeness (QED) is 0.860. The molecule has 2 aromatic carbocycles. The summed E-state index contributed by atoms with van der Waals surface area (Å²) >= 11 is 0. The van der Waals surface area contributed by atoms with Crippen LogP contribution in [0.1, 0.15) is 16.7 Å². The molecule has 1 nitrogen and oxygen atoms in total.